The fourth-order valence-electron chi connectivity index (χ4n) is 2.92. The van der Waals surface area contributed by atoms with Gasteiger partial charge in [-0.25, -0.2) is 4.79 Å². The van der Waals surface area contributed by atoms with Crippen LogP contribution in [0.2, 0.25) is 0 Å². The summed E-state index contributed by atoms with van der Waals surface area (Å²) in [6.45, 7) is 5.40. The number of methoxy groups -OCH3 is 1. The molecule has 1 aliphatic rings. The molecular formula is C22H21NO5S2. The molecule has 1 saturated heterocycles. The molecule has 0 radical (unpaired) electrons. The molecule has 1 fully saturated rings. The topological polar surface area (TPSA) is 76.1 Å². The van der Waals surface area contributed by atoms with Gasteiger partial charge in [-0.1, -0.05) is 42.2 Å². The van der Waals surface area contributed by atoms with Crippen LogP contribution < -0.4 is 14.4 Å². The summed E-state index contributed by atoms with van der Waals surface area (Å²) in [5, 5.41) is 9.03. The summed E-state index contributed by atoms with van der Waals surface area (Å²) in [6, 6.07) is 10.8. The van der Waals surface area contributed by atoms with Crippen LogP contribution in [0.3, 0.4) is 0 Å². The van der Waals surface area contributed by atoms with Crippen LogP contribution >= 0.6 is 24.0 Å². The van der Waals surface area contributed by atoms with Crippen LogP contribution in [0.1, 0.15) is 23.6 Å². The van der Waals surface area contributed by atoms with E-state index in [0.717, 1.165) is 16.8 Å². The van der Waals surface area contributed by atoms with Gasteiger partial charge in [-0.15, -0.1) is 0 Å². The quantitative estimate of drug-likeness (QED) is 0.518. The van der Waals surface area contributed by atoms with Gasteiger partial charge < -0.3 is 14.6 Å². The van der Waals surface area contributed by atoms with Gasteiger partial charge in [0.1, 0.15) is 0 Å². The van der Waals surface area contributed by atoms with E-state index in [1.807, 2.05) is 32.0 Å². The maximum absolute atomic E-state index is 13.1. The number of ether oxygens (including phenoxy) is 2. The summed E-state index contributed by atoms with van der Waals surface area (Å²) in [4.78, 5) is 26.1. The number of carboxylic acids is 1. The maximum Gasteiger partial charge on any atom is 0.344 e. The number of carbonyl (C=O) groups is 2. The summed E-state index contributed by atoms with van der Waals surface area (Å²) >= 11 is 6.70. The predicted octanol–water partition coefficient (Wildman–Crippen LogP) is 4.57. The number of carboxylic acid groups (broad SMARTS) is 1. The number of benzene rings is 2. The molecule has 30 heavy (non-hydrogen) atoms. The first kappa shape index (κ1) is 21.9. The number of amides is 1. The highest BCUT2D eigenvalue weighted by Crippen LogP contribution is 2.38. The Morgan fingerprint density at radius 3 is 2.63 bits per heavy atom. The summed E-state index contributed by atoms with van der Waals surface area (Å²) in [5.74, 6) is -0.567. The van der Waals surface area contributed by atoms with E-state index in [4.69, 9.17) is 26.8 Å². The molecule has 0 aliphatic carbocycles. The number of aliphatic carboxylic acids is 1. The molecule has 3 rings (SSSR count). The zero-order valence-electron chi connectivity index (χ0n) is 17.0. The van der Waals surface area contributed by atoms with E-state index in [-0.39, 0.29) is 5.91 Å². The van der Waals surface area contributed by atoms with Gasteiger partial charge in [0.15, 0.2) is 21.9 Å². The monoisotopic (exact) mass is 443 g/mol. The number of nitrogens with zero attached hydrogens (tertiary/aromatic N) is 1. The smallest absolute Gasteiger partial charge is 0.344 e. The van der Waals surface area contributed by atoms with Crippen LogP contribution in [0.5, 0.6) is 11.5 Å². The van der Waals surface area contributed by atoms with E-state index in [1.54, 1.807) is 29.2 Å². The molecule has 1 N–H and O–H groups in total. The Balaban J connectivity index is 1.90. The van der Waals surface area contributed by atoms with Crippen molar-refractivity contribution in [1.82, 2.24) is 0 Å². The van der Waals surface area contributed by atoms with Crippen molar-refractivity contribution in [2.75, 3.05) is 12.0 Å². The second kappa shape index (κ2) is 8.89. The van der Waals surface area contributed by atoms with Crippen LogP contribution in [0, 0.1) is 13.8 Å². The third-order valence-electron chi connectivity index (χ3n) is 4.75. The van der Waals surface area contributed by atoms with Crippen molar-refractivity contribution in [3.8, 4) is 11.5 Å². The summed E-state index contributed by atoms with van der Waals surface area (Å²) in [5.41, 5.74) is 3.58. The van der Waals surface area contributed by atoms with Gasteiger partial charge in [0.05, 0.1) is 17.7 Å². The van der Waals surface area contributed by atoms with Gasteiger partial charge >= 0.3 is 5.97 Å². The summed E-state index contributed by atoms with van der Waals surface area (Å²) in [7, 11) is 1.47. The maximum atomic E-state index is 13.1. The zero-order chi connectivity index (χ0) is 22.0. The number of anilines is 1. The molecule has 2 aromatic rings. The van der Waals surface area contributed by atoms with Gasteiger partial charge in [-0.05, 0) is 61.7 Å². The first-order valence-corrected chi connectivity index (χ1v) is 10.4. The average molecular weight is 444 g/mol. The lowest BCUT2D eigenvalue weighted by molar-refractivity contribution is -0.144. The van der Waals surface area contributed by atoms with E-state index in [9.17, 15) is 9.59 Å². The number of hydrogen-bond acceptors (Lipinski definition) is 6. The van der Waals surface area contributed by atoms with Crippen molar-refractivity contribution in [3.05, 3.63) is 58.0 Å². The SMILES string of the molecule is COc1cc(/C=C2/SC(=S)N(c3cccc(C)c3C)C2=O)ccc1OC(C)C(=O)O. The lowest BCUT2D eigenvalue weighted by atomic mass is 10.1. The zero-order valence-corrected chi connectivity index (χ0v) is 18.6. The van der Waals surface area contributed by atoms with Crippen LogP contribution in [-0.2, 0) is 9.59 Å². The third-order valence-corrected chi connectivity index (χ3v) is 6.05. The Kier molecular flexibility index (Phi) is 6.48. The molecule has 2 aromatic carbocycles. The first-order chi connectivity index (χ1) is 14.2. The predicted molar refractivity (Wildman–Crippen MR) is 122 cm³/mol. The highest BCUT2D eigenvalue weighted by molar-refractivity contribution is 8.27. The minimum Gasteiger partial charge on any atom is -0.493 e. The van der Waals surface area contributed by atoms with Crippen LogP contribution in [0.15, 0.2) is 41.3 Å². The van der Waals surface area contributed by atoms with Gasteiger partial charge in [-0.2, -0.15) is 0 Å². The van der Waals surface area contributed by atoms with Crippen LogP contribution in [0.4, 0.5) is 5.69 Å². The number of thiocarbonyl (C=S) groups is 1. The Morgan fingerprint density at radius 2 is 1.97 bits per heavy atom. The van der Waals surface area contributed by atoms with Crippen molar-refractivity contribution < 1.29 is 24.2 Å². The van der Waals surface area contributed by atoms with Gasteiger partial charge in [0.25, 0.3) is 5.91 Å². The molecule has 1 heterocycles. The van der Waals surface area contributed by atoms with E-state index in [0.29, 0.717) is 26.3 Å². The van der Waals surface area contributed by atoms with E-state index >= 15 is 0 Å². The molecule has 8 heteroatoms. The van der Waals surface area contributed by atoms with Crippen molar-refractivity contribution in [2.45, 2.75) is 26.9 Å². The summed E-state index contributed by atoms with van der Waals surface area (Å²) in [6.07, 6.45) is 0.718. The Bertz CT molecular complexity index is 1060. The molecule has 0 saturated carbocycles. The fourth-order valence-corrected chi connectivity index (χ4v) is 4.20. The highest BCUT2D eigenvalue weighted by atomic mass is 32.2. The number of carbonyl (C=O) groups excluding carboxylic acids is 1. The van der Waals surface area contributed by atoms with Crippen LogP contribution in [0.25, 0.3) is 6.08 Å². The second-order valence-electron chi connectivity index (χ2n) is 6.74. The van der Waals surface area contributed by atoms with Crippen LogP contribution in [-0.4, -0.2) is 34.5 Å². The largest absolute Gasteiger partial charge is 0.493 e. The third kappa shape index (κ3) is 4.34. The molecule has 6 nitrogen and oxygen atoms in total. The Morgan fingerprint density at radius 1 is 1.23 bits per heavy atom. The standard InChI is InChI=1S/C22H21NO5S2/c1-12-6-5-7-16(13(12)2)23-20(24)19(30-22(23)29)11-15-8-9-17(18(10-15)27-4)28-14(3)21(25)26/h5-11,14H,1-4H3,(H,25,26)/b19-11+. The lowest BCUT2D eigenvalue weighted by Crippen LogP contribution is -2.28. The number of rotatable bonds is 6. The first-order valence-electron chi connectivity index (χ1n) is 9.14. The molecule has 1 aliphatic heterocycles. The minimum absolute atomic E-state index is 0.183. The van der Waals surface area contributed by atoms with Gasteiger partial charge in [-0.3, -0.25) is 9.69 Å². The number of thioether (sulfide) groups is 1. The normalized spacial score (nSPS) is 16.1. The van der Waals surface area contributed by atoms with Gasteiger partial charge in [0.2, 0.25) is 0 Å². The van der Waals surface area contributed by atoms with Crippen molar-refractivity contribution in [1.29, 1.82) is 0 Å². The second-order valence-corrected chi connectivity index (χ2v) is 8.42. The number of hydrogen-bond donors (Lipinski definition) is 1. The average Bonchev–Trinajstić information content (AvgIpc) is 2.98. The van der Waals surface area contributed by atoms with Crippen molar-refractivity contribution in [3.63, 3.8) is 0 Å². The van der Waals surface area contributed by atoms with E-state index in [1.165, 1.54) is 25.8 Å². The highest BCUT2D eigenvalue weighted by Gasteiger charge is 2.34. The molecule has 0 bridgehead atoms. The molecule has 1 amide bonds. The molecule has 0 aromatic heterocycles. The van der Waals surface area contributed by atoms with E-state index in [2.05, 4.69) is 0 Å². The van der Waals surface area contributed by atoms with Gasteiger partial charge in [0, 0.05) is 0 Å². The number of aryl methyl sites for hydroxylation is 1. The van der Waals surface area contributed by atoms with E-state index < -0.39 is 12.1 Å². The Hall–Kier alpha value is -2.84. The molecular weight excluding hydrogens is 422 g/mol. The lowest BCUT2D eigenvalue weighted by Gasteiger charge is -2.18. The summed E-state index contributed by atoms with van der Waals surface area (Å²) < 4.78 is 11.2. The molecule has 156 valence electrons. The van der Waals surface area contributed by atoms with Crippen molar-refractivity contribution in [2.24, 2.45) is 0 Å². The Labute approximate surface area is 184 Å². The molecule has 1 unspecified atom stereocenters. The fraction of sp³-hybridized carbons (Fsp3) is 0.227. The minimum atomic E-state index is -1.07. The molecule has 0 spiro atoms. The van der Waals surface area contributed by atoms with Crippen molar-refractivity contribution >= 4 is 51.9 Å². The molecule has 1 atom stereocenters.